The van der Waals surface area contributed by atoms with Crippen LogP contribution in [0.4, 0.5) is 0 Å². The third-order valence-electron chi connectivity index (χ3n) is 8.47. The Labute approximate surface area is 304 Å². The van der Waals surface area contributed by atoms with Gasteiger partial charge in [0.15, 0.2) is 11.5 Å². The molecule has 6 nitrogen and oxygen atoms in total. The SMILES string of the molecule is CCCCC/C=C\C/C=C\CCCCCCCC(=O)Oc1ccc(CC(=O)O)cc1OC(=O)CCCCCCC/C=C\C/C=C\CCCCC. The maximum atomic E-state index is 12.6. The highest BCUT2D eigenvalue weighted by molar-refractivity contribution is 5.77. The average Bonchev–Trinajstić information content (AvgIpc) is 3.09. The number of ether oxygens (including phenoxy) is 2. The second-order valence-corrected chi connectivity index (χ2v) is 13.3. The minimum atomic E-state index is -0.988. The first-order chi connectivity index (χ1) is 24.5. The van der Waals surface area contributed by atoms with Gasteiger partial charge in [0.25, 0.3) is 0 Å². The number of esters is 2. The molecule has 0 radical (unpaired) electrons. The number of carboxylic acids is 1. The van der Waals surface area contributed by atoms with Crippen LogP contribution >= 0.6 is 0 Å². The number of carbonyl (C=O) groups is 3. The van der Waals surface area contributed by atoms with Crippen LogP contribution in [-0.4, -0.2) is 23.0 Å². The molecule has 0 saturated carbocycles. The summed E-state index contributed by atoms with van der Waals surface area (Å²) in [5.41, 5.74) is 0.478. The van der Waals surface area contributed by atoms with Gasteiger partial charge in [0.2, 0.25) is 0 Å². The van der Waals surface area contributed by atoms with Crippen LogP contribution in [0.2, 0.25) is 0 Å². The molecule has 0 aliphatic rings. The average molecular weight is 693 g/mol. The fourth-order valence-corrected chi connectivity index (χ4v) is 5.51. The van der Waals surface area contributed by atoms with Crippen LogP contribution in [0.25, 0.3) is 0 Å². The first-order valence-electron chi connectivity index (χ1n) is 19.8. The molecule has 0 atom stereocenters. The maximum absolute atomic E-state index is 12.6. The second-order valence-electron chi connectivity index (χ2n) is 13.3. The lowest BCUT2D eigenvalue weighted by molar-refractivity contribution is -0.137. The van der Waals surface area contributed by atoms with Gasteiger partial charge in [-0.3, -0.25) is 14.4 Å². The van der Waals surface area contributed by atoms with Crippen molar-refractivity contribution in [2.45, 2.75) is 174 Å². The molecule has 0 saturated heterocycles. The third-order valence-corrected chi connectivity index (χ3v) is 8.47. The van der Waals surface area contributed by atoms with Crippen molar-refractivity contribution in [3.05, 3.63) is 72.4 Å². The van der Waals surface area contributed by atoms with E-state index in [4.69, 9.17) is 9.47 Å². The Kier molecular flexibility index (Phi) is 29.2. The number of carbonyl (C=O) groups excluding carboxylic acids is 2. The van der Waals surface area contributed by atoms with Gasteiger partial charge in [-0.05, 0) is 94.7 Å². The van der Waals surface area contributed by atoms with E-state index in [1.165, 1.54) is 63.5 Å². The van der Waals surface area contributed by atoms with Crippen molar-refractivity contribution in [1.82, 2.24) is 0 Å². The summed E-state index contributed by atoms with van der Waals surface area (Å²) in [4.78, 5) is 36.5. The smallest absolute Gasteiger partial charge is 0.311 e. The van der Waals surface area contributed by atoms with Crippen molar-refractivity contribution in [3.8, 4) is 11.5 Å². The van der Waals surface area contributed by atoms with Crippen LogP contribution in [0.15, 0.2) is 66.8 Å². The molecule has 0 spiro atoms. The van der Waals surface area contributed by atoms with Crippen LogP contribution < -0.4 is 9.47 Å². The predicted octanol–water partition coefficient (Wildman–Crippen LogP) is 12.8. The Morgan fingerprint density at radius 2 is 0.920 bits per heavy atom. The lowest BCUT2D eigenvalue weighted by Gasteiger charge is -2.12. The van der Waals surface area contributed by atoms with Crippen molar-refractivity contribution in [2.75, 3.05) is 0 Å². The predicted molar refractivity (Wildman–Crippen MR) is 208 cm³/mol. The fraction of sp³-hybridized carbons (Fsp3) is 0.614. The zero-order valence-electron chi connectivity index (χ0n) is 31.5. The minimum absolute atomic E-state index is 0.102. The van der Waals surface area contributed by atoms with Gasteiger partial charge in [-0.1, -0.05) is 133 Å². The Hall–Kier alpha value is -3.41. The van der Waals surface area contributed by atoms with E-state index in [0.29, 0.717) is 12.0 Å². The van der Waals surface area contributed by atoms with Gasteiger partial charge in [0.1, 0.15) is 0 Å². The number of rotatable bonds is 32. The topological polar surface area (TPSA) is 89.9 Å². The lowest BCUT2D eigenvalue weighted by atomic mass is 10.1. The molecule has 0 aliphatic heterocycles. The van der Waals surface area contributed by atoms with Crippen molar-refractivity contribution in [1.29, 1.82) is 0 Å². The quantitative estimate of drug-likeness (QED) is 0.0350. The Balaban J connectivity index is 2.30. The number of allylic oxidation sites excluding steroid dienone is 8. The van der Waals surface area contributed by atoms with Crippen LogP contribution in [0.1, 0.15) is 174 Å². The van der Waals surface area contributed by atoms with E-state index in [1.54, 1.807) is 6.07 Å². The van der Waals surface area contributed by atoms with Crippen LogP contribution in [-0.2, 0) is 20.8 Å². The highest BCUT2D eigenvalue weighted by Gasteiger charge is 2.16. The lowest BCUT2D eigenvalue weighted by Crippen LogP contribution is -2.12. The van der Waals surface area contributed by atoms with Gasteiger partial charge in [-0.2, -0.15) is 0 Å². The molecule has 0 amide bonds. The summed E-state index contributed by atoms with van der Waals surface area (Å²) in [6.45, 7) is 4.45. The normalized spacial score (nSPS) is 11.8. The van der Waals surface area contributed by atoms with E-state index >= 15 is 0 Å². The molecule has 6 heteroatoms. The molecular formula is C44H68O6. The molecule has 1 aromatic rings. The van der Waals surface area contributed by atoms with Gasteiger partial charge < -0.3 is 14.6 Å². The first kappa shape index (κ1) is 44.6. The first-order valence-corrected chi connectivity index (χ1v) is 19.8. The van der Waals surface area contributed by atoms with E-state index in [0.717, 1.165) is 83.5 Å². The summed E-state index contributed by atoms with van der Waals surface area (Å²) < 4.78 is 11.2. The zero-order chi connectivity index (χ0) is 36.3. The molecule has 1 N–H and O–H groups in total. The van der Waals surface area contributed by atoms with Crippen molar-refractivity contribution in [3.63, 3.8) is 0 Å². The minimum Gasteiger partial charge on any atom is -0.481 e. The van der Waals surface area contributed by atoms with Gasteiger partial charge in [-0.15, -0.1) is 0 Å². The van der Waals surface area contributed by atoms with E-state index in [9.17, 15) is 19.5 Å². The van der Waals surface area contributed by atoms with Crippen LogP contribution in [0.3, 0.4) is 0 Å². The van der Waals surface area contributed by atoms with Crippen molar-refractivity contribution < 1.29 is 29.0 Å². The van der Waals surface area contributed by atoms with Crippen LogP contribution in [0, 0.1) is 0 Å². The molecule has 0 heterocycles. The summed E-state index contributed by atoms with van der Waals surface area (Å²) >= 11 is 0. The molecule has 0 aliphatic carbocycles. The zero-order valence-corrected chi connectivity index (χ0v) is 31.5. The summed E-state index contributed by atoms with van der Waals surface area (Å²) in [6, 6.07) is 4.60. The molecule has 0 fully saturated rings. The van der Waals surface area contributed by atoms with E-state index in [1.807, 2.05) is 0 Å². The Morgan fingerprint density at radius 1 is 0.520 bits per heavy atom. The molecule has 1 aromatic carbocycles. The van der Waals surface area contributed by atoms with Crippen molar-refractivity contribution >= 4 is 17.9 Å². The van der Waals surface area contributed by atoms with E-state index in [-0.39, 0.29) is 36.7 Å². The highest BCUT2D eigenvalue weighted by Crippen LogP contribution is 2.30. The molecular weight excluding hydrogens is 624 g/mol. The molecule has 0 bridgehead atoms. The number of hydrogen-bond acceptors (Lipinski definition) is 5. The molecule has 1 rings (SSSR count). The largest absolute Gasteiger partial charge is 0.481 e. The number of carboxylic acid groups (broad SMARTS) is 1. The second kappa shape index (κ2) is 32.8. The fourth-order valence-electron chi connectivity index (χ4n) is 5.51. The Bertz CT molecular complexity index is 1150. The number of unbranched alkanes of at least 4 members (excludes halogenated alkanes) is 16. The van der Waals surface area contributed by atoms with Crippen LogP contribution in [0.5, 0.6) is 11.5 Å². The number of hydrogen-bond donors (Lipinski definition) is 1. The Morgan fingerprint density at radius 3 is 1.36 bits per heavy atom. The van der Waals surface area contributed by atoms with E-state index < -0.39 is 11.9 Å². The monoisotopic (exact) mass is 693 g/mol. The summed E-state index contributed by atoms with van der Waals surface area (Å²) in [5, 5.41) is 9.21. The molecule has 50 heavy (non-hydrogen) atoms. The summed E-state index contributed by atoms with van der Waals surface area (Å²) in [5.74, 6) is -1.52. The highest BCUT2D eigenvalue weighted by atomic mass is 16.6. The summed E-state index contributed by atoms with van der Waals surface area (Å²) in [7, 11) is 0. The summed E-state index contributed by atoms with van der Waals surface area (Å²) in [6.07, 6.45) is 42.6. The van der Waals surface area contributed by atoms with Gasteiger partial charge in [0.05, 0.1) is 6.42 Å². The van der Waals surface area contributed by atoms with Gasteiger partial charge in [0, 0.05) is 12.8 Å². The standard InChI is InChI=1S/C44H68O6/c1-3-5-7-9-11-13-15-17-19-21-23-25-27-29-31-33-43(47)49-40-36-35-39(38-42(45)46)37-41(40)50-44(48)34-32-30-28-26-24-22-20-18-16-14-12-10-8-6-4-2/h11-14,17-20,35-37H,3-10,15-16,21-34,38H2,1-2H3,(H,45,46)/b13-11-,14-12-,19-17-,20-18-. The van der Waals surface area contributed by atoms with E-state index in [2.05, 4.69) is 62.5 Å². The molecule has 0 unspecified atom stereocenters. The third kappa shape index (κ3) is 27.4. The number of benzene rings is 1. The number of aliphatic carboxylic acids is 1. The maximum Gasteiger partial charge on any atom is 0.311 e. The molecule has 280 valence electrons. The van der Waals surface area contributed by atoms with Crippen molar-refractivity contribution in [2.24, 2.45) is 0 Å². The van der Waals surface area contributed by atoms with Gasteiger partial charge in [-0.25, -0.2) is 0 Å². The van der Waals surface area contributed by atoms with Gasteiger partial charge >= 0.3 is 17.9 Å². The molecule has 0 aromatic heterocycles.